The molecule has 19 heteroatoms. The minimum absolute atomic E-state index is 0.0643. The van der Waals surface area contributed by atoms with E-state index in [0.29, 0.717) is 32.5 Å². The largest absolute Gasteiger partial charge is 0.460 e. The molecule has 3 aromatic carbocycles. The molecule has 0 bridgehead atoms. The first-order valence-corrected chi connectivity index (χ1v) is 18.0. The molecular weight excluding hydrogens is 729 g/mol. The van der Waals surface area contributed by atoms with Crippen molar-refractivity contribution in [2.24, 2.45) is 5.73 Å². The highest BCUT2D eigenvalue weighted by molar-refractivity contribution is 8.24. The summed E-state index contributed by atoms with van der Waals surface area (Å²) in [6.07, 6.45) is 0. The lowest BCUT2D eigenvalue weighted by molar-refractivity contribution is 0.0512. The molecule has 0 saturated carbocycles. The molecule has 48 heavy (non-hydrogen) atoms. The highest BCUT2D eigenvalue weighted by Gasteiger charge is 2.11. The van der Waals surface area contributed by atoms with E-state index >= 15 is 0 Å². The van der Waals surface area contributed by atoms with Crippen molar-refractivity contribution >= 4 is 95.1 Å². The fourth-order valence-corrected chi connectivity index (χ4v) is 3.91. The van der Waals surface area contributed by atoms with Crippen LogP contribution in [0.5, 0.6) is 0 Å². The molecule has 0 aliphatic rings. The van der Waals surface area contributed by atoms with Crippen molar-refractivity contribution < 1.29 is 18.9 Å². The predicted molar refractivity (Wildman–Crippen MR) is 184 cm³/mol. The molecule has 6 aromatic rings. The number of nitrogens with one attached hydrogen (secondary N) is 2. The van der Waals surface area contributed by atoms with Gasteiger partial charge in [-0.3, -0.25) is 18.9 Å². The average Bonchev–Trinajstić information content (AvgIpc) is 3.04. The number of ether oxygens (including phenoxy) is 1. The van der Waals surface area contributed by atoms with Crippen LogP contribution in [-0.2, 0) is 9.30 Å². The van der Waals surface area contributed by atoms with Crippen molar-refractivity contribution in [3.8, 4) is 6.07 Å². The molecule has 3 heterocycles. The number of esters is 1. The maximum absolute atomic E-state index is 11.6. The van der Waals surface area contributed by atoms with Crippen LogP contribution < -0.4 is 16.9 Å². The van der Waals surface area contributed by atoms with Crippen molar-refractivity contribution in [2.75, 3.05) is 6.61 Å². The van der Waals surface area contributed by atoms with Gasteiger partial charge >= 0.3 is 11.2 Å². The number of halogens is 4. The molecule has 0 atom stereocenters. The van der Waals surface area contributed by atoms with Gasteiger partial charge in [-0.1, -0.05) is 48.0 Å². The van der Waals surface area contributed by atoms with Gasteiger partial charge < -0.3 is 20.4 Å². The summed E-state index contributed by atoms with van der Waals surface area (Å²) in [7, 11) is 0. The standard InChI is InChI=1S/C11H10N2O3.C9H4ClN3.C9H7N3O2.Cl3OP/c1-2-16-11(15)9-12-8-6-4-3-5-7(8)10(14)13-9;10-9-6-3-1-2-4-7(6)12-8(5-11)13-9;10-7(13)8-11-6-4-2-1-3-5(6)9(14)12-8;1-5(2,3)4/h3-6H,2H2,1H3,(H,12,13,14);1-4H;1-4H,(H2,10,13)(H,11,12,14);. The maximum atomic E-state index is 11.6. The van der Waals surface area contributed by atoms with Crippen molar-refractivity contribution in [1.82, 2.24) is 29.9 Å². The minimum atomic E-state index is -3.22. The Bertz CT molecular complexity index is 2320. The summed E-state index contributed by atoms with van der Waals surface area (Å²) in [5.41, 5.74) is 5.94. The van der Waals surface area contributed by atoms with Gasteiger partial charge in [0.25, 0.3) is 17.0 Å². The van der Waals surface area contributed by atoms with E-state index in [1.807, 2.05) is 24.3 Å². The Kier molecular flexibility index (Phi) is 13.5. The second-order valence-electron chi connectivity index (χ2n) is 8.81. The van der Waals surface area contributed by atoms with E-state index in [0.717, 1.165) is 5.39 Å². The number of primary amides is 1. The van der Waals surface area contributed by atoms with Gasteiger partial charge in [0, 0.05) is 5.39 Å². The highest BCUT2D eigenvalue weighted by atomic mass is 36.0. The molecule has 14 nitrogen and oxygen atoms in total. The average molecular weight is 750 g/mol. The first-order valence-electron chi connectivity index (χ1n) is 13.2. The van der Waals surface area contributed by atoms with Gasteiger partial charge in [0.15, 0.2) is 5.82 Å². The summed E-state index contributed by atoms with van der Waals surface area (Å²) in [6, 6.07) is 22.7. The summed E-state index contributed by atoms with van der Waals surface area (Å²) >= 11 is 19.7. The number of carbonyl (C=O) groups is 2. The van der Waals surface area contributed by atoms with Gasteiger partial charge in [-0.25, -0.2) is 24.7 Å². The fourth-order valence-electron chi connectivity index (χ4n) is 3.67. The molecule has 6 rings (SSSR count). The van der Waals surface area contributed by atoms with Crippen LogP contribution in [0.1, 0.15) is 34.0 Å². The van der Waals surface area contributed by atoms with Gasteiger partial charge in [0.2, 0.25) is 11.6 Å². The van der Waals surface area contributed by atoms with Crippen molar-refractivity contribution in [1.29, 1.82) is 5.26 Å². The number of benzene rings is 3. The SMILES string of the molecule is CCOC(=O)c1nc2ccccc2c(=O)[nH]1.N#Cc1nc(Cl)c2ccccc2n1.NC(=O)c1nc2ccccc2c(=O)[nH]1.O=P(Cl)(Cl)Cl. The van der Waals surface area contributed by atoms with Crippen LogP contribution in [0.4, 0.5) is 0 Å². The maximum Gasteiger partial charge on any atom is 0.374 e. The first kappa shape index (κ1) is 37.6. The number of fused-ring (bicyclic) bond motifs is 3. The molecule has 0 radical (unpaired) electrons. The minimum Gasteiger partial charge on any atom is -0.460 e. The Hall–Kier alpha value is -4.90. The number of nitrogens with two attached hydrogens (primary N) is 1. The Labute approximate surface area is 289 Å². The van der Waals surface area contributed by atoms with E-state index in [1.54, 1.807) is 61.5 Å². The number of H-pyrrole nitrogens is 2. The Morgan fingerprint density at radius 2 is 1.21 bits per heavy atom. The Balaban J connectivity index is 0.000000183. The Morgan fingerprint density at radius 1 is 0.792 bits per heavy atom. The van der Waals surface area contributed by atoms with Gasteiger partial charge in [-0.15, -0.1) is 0 Å². The number of hydrogen-bond acceptors (Lipinski definition) is 11. The van der Waals surface area contributed by atoms with E-state index < -0.39 is 17.1 Å². The van der Waals surface area contributed by atoms with Gasteiger partial charge in [0.1, 0.15) is 11.2 Å². The van der Waals surface area contributed by atoms with E-state index in [4.69, 9.17) is 27.3 Å². The molecule has 0 unspecified atom stereocenters. The number of hydrogen-bond donors (Lipinski definition) is 3. The van der Waals surface area contributed by atoms with Crippen LogP contribution >= 0.6 is 50.5 Å². The lowest BCUT2D eigenvalue weighted by atomic mass is 10.2. The molecule has 3 aromatic heterocycles. The summed E-state index contributed by atoms with van der Waals surface area (Å²) in [5, 5.41) is 7.35. The zero-order chi connectivity index (χ0) is 35.4. The first-order chi connectivity index (χ1) is 22.7. The predicted octanol–water partition coefficient (Wildman–Crippen LogP) is 6.09. The third kappa shape index (κ3) is 11.1. The smallest absolute Gasteiger partial charge is 0.374 e. The van der Waals surface area contributed by atoms with Crippen LogP contribution in [0.2, 0.25) is 5.15 Å². The second kappa shape index (κ2) is 17.3. The summed E-state index contributed by atoms with van der Waals surface area (Å²) in [4.78, 5) is 65.6. The van der Waals surface area contributed by atoms with Crippen LogP contribution in [0.3, 0.4) is 0 Å². The summed E-state index contributed by atoms with van der Waals surface area (Å²) in [6.45, 7) is 1.94. The number of aromatic amines is 2. The molecule has 0 spiro atoms. The molecule has 0 fully saturated rings. The molecule has 246 valence electrons. The van der Waals surface area contributed by atoms with Crippen LogP contribution in [-0.4, -0.2) is 48.4 Å². The number of carbonyl (C=O) groups excluding carboxylic acids is 2. The zero-order valence-electron chi connectivity index (χ0n) is 24.4. The van der Waals surface area contributed by atoms with Crippen molar-refractivity contribution in [2.45, 2.75) is 6.92 Å². The number of aromatic nitrogens is 6. The molecule has 0 aliphatic carbocycles. The van der Waals surface area contributed by atoms with E-state index in [9.17, 15) is 23.7 Å². The van der Waals surface area contributed by atoms with Gasteiger partial charge in [0.05, 0.1) is 33.9 Å². The molecular formula is C29H21Cl4N8O6P. The summed E-state index contributed by atoms with van der Waals surface area (Å²) in [5.74, 6) is -1.44. The lowest BCUT2D eigenvalue weighted by Gasteiger charge is -2.01. The molecule has 1 amide bonds. The topological polar surface area (TPSA) is 228 Å². The third-order valence-corrected chi connectivity index (χ3v) is 5.87. The van der Waals surface area contributed by atoms with Crippen LogP contribution in [0.15, 0.2) is 82.4 Å². The van der Waals surface area contributed by atoms with E-state index in [1.165, 1.54) is 0 Å². The lowest BCUT2D eigenvalue weighted by Crippen LogP contribution is -2.21. The quantitative estimate of drug-likeness (QED) is 0.107. The van der Waals surface area contributed by atoms with E-state index in [2.05, 4.69) is 63.6 Å². The monoisotopic (exact) mass is 748 g/mol. The number of para-hydroxylation sites is 3. The fraction of sp³-hybridized carbons (Fsp3) is 0.0690. The molecule has 0 saturated heterocycles. The zero-order valence-corrected chi connectivity index (χ0v) is 28.3. The summed E-state index contributed by atoms with van der Waals surface area (Å²) < 4.78 is 14.3. The van der Waals surface area contributed by atoms with Gasteiger partial charge in [-0.05, 0) is 77.0 Å². The van der Waals surface area contributed by atoms with Crippen molar-refractivity contribution in [3.63, 3.8) is 0 Å². The third-order valence-electron chi connectivity index (χ3n) is 5.58. The van der Waals surface area contributed by atoms with Crippen LogP contribution in [0.25, 0.3) is 32.7 Å². The molecule has 4 N–H and O–H groups in total. The highest BCUT2D eigenvalue weighted by Crippen LogP contribution is 2.61. The Morgan fingerprint density at radius 3 is 1.67 bits per heavy atom. The molecule has 0 aliphatic heterocycles. The van der Waals surface area contributed by atoms with Gasteiger partial charge in [-0.2, -0.15) is 5.26 Å². The number of nitrogens with zero attached hydrogens (tertiary/aromatic N) is 5. The second-order valence-corrected chi connectivity index (χ2v) is 15.8. The van der Waals surface area contributed by atoms with E-state index in [-0.39, 0.29) is 35.2 Å². The number of rotatable bonds is 3. The number of nitriles is 1. The van der Waals surface area contributed by atoms with Crippen molar-refractivity contribution in [3.05, 3.63) is 116 Å². The van der Waals surface area contributed by atoms with Crippen LogP contribution in [0, 0.1) is 11.3 Å². The number of amides is 1. The normalized spacial score (nSPS) is 10.3.